The molecule has 0 saturated heterocycles. The summed E-state index contributed by atoms with van der Waals surface area (Å²) in [6, 6.07) is 0. The van der Waals surface area contributed by atoms with Crippen molar-refractivity contribution in [1.82, 2.24) is 0 Å². The van der Waals surface area contributed by atoms with Crippen LogP contribution in [0.15, 0.2) is 12.7 Å². The molecule has 0 aliphatic heterocycles. The molecule has 1 aliphatic rings. The van der Waals surface area contributed by atoms with E-state index in [1.807, 2.05) is 0 Å². The fraction of sp³-hybridized carbons (Fsp3) is 0.750. The quantitative estimate of drug-likeness (QED) is 0.563. The second kappa shape index (κ2) is 9.36. The van der Waals surface area contributed by atoms with Gasteiger partial charge in [0, 0.05) is 19.3 Å². The van der Waals surface area contributed by atoms with Crippen LogP contribution < -0.4 is 0 Å². The molecule has 1 saturated carbocycles. The predicted octanol–water partition coefficient (Wildman–Crippen LogP) is 1.12. The maximum absolute atomic E-state index is 9.84. The SMILES string of the molecule is C=CC(=O)OC.OCC1CCC(CO)CC1. The van der Waals surface area contributed by atoms with Crippen LogP contribution in [0.25, 0.3) is 0 Å². The Morgan fingerprint density at radius 3 is 1.75 bits per heavy atom. The van der Waals surface area contributed by atoms with Crippen LogP contribution in [0.2, 0.25) is 0 Å². The van der Waals surface area contributed by atoms with E-state index in [0.717, 1.165) is 31.8 Å². The van der Waals surface area contributed by atoms with Gasteiger partial charge >= 0.3 is 5.97 Å². The Balaban J connectivity index is 0.000000325. The fourth-order valence-electron chi connectivity index (χ4n) is 1.68. The molecule has 0 aromatic carbocycles. The van der Waals surface area contributed by atoms with Crippen molar-refractivity contribution in [1.29, 1.82) is 0 Å². The van der Waals surface area contributed by atoms with Crippen LogP contribution in [0.3, 0.4) is 0 Å². The number of carbonyl (C=O) groups excluding carboxylic acids is 1. The van der Waals surface area contributed by atoms with Crippen LogP contribution in [-0.4, -0.2) is 36.5 Å². The average molecular weight is 230 g/mol. The Morgan fingerprint density at radius 1 is 1.25 bits per heavy atom. The topological polar surface area (TPSA) is 66.8 Å². The zero-order valence-corrected chi connectivity index (χ0v) is 9.89. The number of methoxy groups -OCH3 is 1. The first kappa shape index (κ1) is 15.1. The van der Waals surface area contributed by atoms with Crippen molar-refractivity contribution >= 4 is 5.97 Å². The maximum atomic E-state index is 9.84. The van der Waals surface area contributed by atoms with Crippen molar-refractivity contribution in [2.24, 2.45) is 11.8 Å². The van der Waals surface area contributed by atoms with Gasteiger partial charge in [-0.05, 0) is 37.5 Å². The lowest BCUT2D eigenvalue weighted by molar-refractivity contribution is -0.134. The van der Waals surface area contributed by atoms with Gasteiger partial charge in [0.15, 0.2) is 0 Å². The van der Waals surface area contributed by atoms with E-state index in [-0.39, 0.29) is 0 Å². The molecule has 2 N–H and O–H groups in total. The molecule has 0 atom stereocenters. The number of aliphatic hydroxyl groups excluding tert-OH is 2. The van der Waals surface area contributed by atoms with E-state index in [4.69, 9.17) is 10.2 Å². The van der Waals surface area contributed by atoms with Crippen LogP contribution in [-0.2, 0) is 9.53 Å². The lowest BCUT2D eigenvalue weighted by Gasteiger charge is -2.25. The van der Waals surface area contributed by atoms with Crippen molar-refractivity contribution in [3.05, 3.63) is 12.7 Å². The Morgan fingerprint density at radius 2 is 1.62 bits per heavy atom. The van der Waals surface area contributed by atoms with Crippen LogP contribution in [0, 0.1) is 11.8 Å². The molecule has 0 radical (unpaired) electrons. The second-order valence-corrected chi connectivity index (χ2v) is 3.98. The van der Waals surface area contributed by atoms with E-state index in [9.17, 15) is 4.79 Å². The minimum atomic E-state index is -0.394. The monoisotopic (exact) mass is 230 g/mol. The number of esters is 1. The molecule has 4 nitrogen and oxygen atoms in total. The van der Waals surface area contributed by atoms with Crippen LogP contribution >= 0.6 is 0 Å². The highest BCUT2D eigenvalue weighted by atomic mass is 16.5. The average Bonchev–Trinajstić information content (AvgIpc) is 2.38. The van der Waals surface area contributed by atoms with Gasteiger partial charge in [0.1, 0.15) is 0 Å². The molecule has 0 amide bonds. The van der Waals surface area contributed by atoms with Gasteiger partial charge in [-0.1, -0.05) is 6.58 Å². The summed E-state index contributed by atoms with van der Waals surface area (Å²) in [7, 11) is 1.31. The molecule has 1 fully saturated rings. The van der Waals surface area contributed by atoms with E-state index < -0.39 is 5.97 Å². The first-order valence-corrected chi connectivity index (χ1v) is 5.60. The number of carbonyl (C=O) groups is 1. The van der Waals surface area contributed by atoms with Crippen molar-refractivity contribution in [3.63, 3.8) is 0 Å². The lowest BCUT2D eigenvalue weighted by Crippen LogP contribution is -2.19. The summed E-state index contributed by atoms with van der Waals surface area (Å²) in [6.07, 6.45) is 5.51. The Bertz CT molecular complexity index is 183. The number of aliphatic hydroxyl groups is 2. The van der Waals surface area contributed by atoms with Gasteiger partial charge in [-0.15, -0.1) is 0 Å². The third-order valence-electron chi connectivity index (χ3n) is 2.85. The second-order valence-electron chi connectivity index (χ2n) is 3.98. The lowest BCUT2D eigenvalue weighted by atomic mass is 9.83. The van der Waals surface area contributed by atoms with Crippen LogP contribution in [0.4, 0.5) is 0 Å². The molecule has 0 aromatic rings. The molecular formula is C12H22O4. The summed E-state index contributed by atoms with van der Waals surface area (Å²) >= 11 is 0. The van der Waals surface area contributed by atoms with Gasteiger partial charge in [-0.25, -0.2) is 4.79 Å². The molecule has 0 heterocycles. The van der Waals surface area contributed by atoms with Gasteiger partial charge in [-0.2, -0.15) is 0 Å². The third-order valence-corrected chi connectivity index (χ3v) is 2.85. The Hall–Kier alpha value is -0.870. The highest BCUT2D eigenvalue weighted by molar-refractivity contribution is 5.80. The molecule has 1 aliphatic carbocycles. The van der Waals surface area contributed by atoms with Crippen molar-refractivity contribution in [3.8, 4) is 0 Å². The molecule has 4 heteroatoms. The largest absolute Gasteiger partial charge is 0.466 e. The van der Waals surface area contributed by atoms with E-state index >= 15 is 0 Å². The molecular weight excluding hydrogens is 208 g/mol. The predicted molar refractivity (Wildman–Crippen MR) is 61.8 cm³/mol. The van der Waals surface area contributed by atoms with Gasteiger partial charge in [0.05, 0.1) is 7.11 Å². The Labute approximate surface area is 96.9 Å². The Kier molecular flexibility index (Phi) is 8.85. The zero-order chi connectivity index (χ0) is 12.4. The normalized spacial score (nSPS) is 23.9. The van der Waals surface area contributed by atoms with Crippen molar-refractivity contribution in [2.75, 3.05) is 20.3 Å². The summed E-state index contributed by atoms with van der Waals surface area (Å²) in [6.45, 7) is 3.82. The number of hydrogen-bond acceptors (Lipinski definition) is 4. The van der Waals surface area contributed by atoms with E-state index in [0.29, 0.717) is 25.0 Å². The minimum absolute atomic E-state index is 0.331. The standard InChI is InChI=1S/C8H16O2.C4H6O2/c9-5-7-1-2-8(6-10)4-3-7;1-3-4(5)6-2/h7-10H,1-6H2;3H,1H2,2H3. The summed E-state index contributed by atoms with van der Waals surface area (Å²) in [5.74, 6) is 0.639. The number of rotatable bonds is 3. The van der Waals surface area contributed by atoms with Gasteiger partial charge < -0.3 is 14.9 Å². The fourth-order valence-corrected chi connectivity index (χ4v) is 1.68. The van der Waals surface area contributed by atoms with E-state index in [1.54, 1.807) is 0 Å². The van der Waals surface area contributed by atoms with E-state index in [1.165, 1.54) is 7.11 Å². The first-order chi connectivity index (χ1) is 7.67. The summed E-state index contributed by atoms with van der Waals surface area (Å²) in [5, 5.41) is 17.6. The molecule has 0 bridgehead atoms. The summed E-state index contributed by atoms with van der Waals surface area (Å²) in [4.78, 5) is 9.84. The highest BCUT2D eigenvalue weighted by Crippen LogP contribution is 2.27. The zero-order valence-electron chi connectivity index (χ0n) is 9.89. The third kappa shape index (κ3) is 6.58. The molecule has 94 valence electrons. The van der Waals surface area contributed by atoms with E-state index in [2.05, 4.69) is 11.3 Å². The summed E-state index contributed by atoms with van der Waals surface area (Å²) in [5.41, 5.74) is 0. The van der Waals surface area contributed by atoms with Crippen LogP contribution in [0.1, 0.15) is 25.7 Å². The maximum Gasteiger partial charge on any atom is 0.329 e. The van der Waals surface area contributed by atoms with Gasteiger partial charge in [0.25, 0.3) is 0 Å². The molecule has 0 aromatic heterocycles. The molecule has 1 rings (SSSR count). The smallest absolute Gasteiger partial charge is 0.329 e. The molecule has 0 unspecified atom stereocenters. The van der Waals surface area contributed by atoms with Gasteiger partial charge in [0.2, 0.25) is 0 Å². The first-order valence-electron chi connectivity index (χ1n) is 5.60. The van der Waals surface area contributed by atoms with Crippen molar-refractivity contribution < 1.29 is 19.7 Å². The summed E-state index contributed by atoms with van der Waals surface area (Å²) < 4.78 is 4.14. The van der Waals surface area contributed by atoms with Crippen LogP contribution in [0.5, 0.6) is 0 Å². The molecule has 16 heavy (non-hydrogen) atoms. The van der Waals surface area contributed by atoms with Crippen molar-refractivity contribution in [2.45, 2.75) is 25.7 Å². The number of ether oxygens (including phenoxy) is 1. The molecule has 0 spiro atoms. The number of hydrogen-bond donors (Lipinski definition) is 2. The highest BCUT2D eigenvalue weighted by Gasteiger charge is 2.19. The van der Waals surface area contributed by atoms with Gasteiger partial charge in [-0.3, -0.25) is 0 Å². The minimum Gasteiger partial charge on any atom is -0.466 e.